The van der Waals surface area contributed by atoms with Crippen LogP contribution in [0.4, 0.5) is 0 Å². The number of phenolic OH excluding ortho intramolecular Hbond substituents is 1. The van der Waals surface area contributed by atoms with Gasteiger partial charge >= 0.3 is 0 Å². The van der Waals surface area contributed by atoms with Crippen molar-refractivity contribution in [3.8, 4) is 5.75 Å². The second-order valence-corrected chi connectivity index (χ2v) is 4.61. The van der Waals surface area contributed by atoms with E-state index in [1.807, 2.05) is 20.8 Å². The molecule has 3 heteroatoms. The summed E-state index contributed by atoms with van der Waals surface area (Å²) >= 11 is 6.01. The van der Waals surface area contributed by atoms with Crippen molar-refractivity contribution in [1.82, 2.24) is 0 Å². The first-order valence-electron chi connectivity index (χ1n) is 4.35. The van der Waals surface area contributed by atoms with Crippen LogP contribution in [0, 0.1) is 0 Å². The minimum atomic E-state index is -0.136. The van der Waals surface area contributed by atoms with Crippen molar-refractivity contribution >= 4 is 17.9 Å². The molecule has 0 amide bonds. The first-order chi connectivity index (χ1) is 6.38. The molecule has 0 atom stereocenters. The van der Waals surface area contributed by atoms with E-state index in [4.69, 9.17) is 11.6 Å². The van der Waals surface area contributed by atoms with Crippen molar-refractivity contribution in [2.75, 3.05) is 0 Å². The minimum Gasteiger partial charge on any atom is -0.507 e. The Morgan fingerprint density at radius 1 is 1.36 bits per heavy atom. The van der Waals surface area contributed by atoms with Gasteiger partial charge in [0.25, 0.3) is 0 Å². The van der Waals surface area contributed by atoms with Crippen LogP contribution in [0.15, 0.2) is 12.1 Å². The first kappa shape index (κ1) is 11.1. The maximum Gasteiger partial charge on any atom is 0.155 e. The summed E-state index contributed by atoms with van der Waals surface area (Å²) in [6.45, 7) is 6.00. The van der Waals surface area contributed by atoms with Crippen molar-refractivity contribution < 1.29 is 9.90 Å². The molecule has 0 aliphatic carbocycles. The molecule has 0 radical (unpaired) electrons. The van der Waals surface area contributed by atoms with E-state index in [0.717, 1.165) is 5.56 Å². The zero-order valence-corrected chi connectivity index (χ0v) is 9.22. The number of carbonyl (C=O) groups excluding carboxylic acids is 1. The van der Waals surface area contributed by atoms with Gasteiger partial charge in [-0.2, -0.15) is 0 Å². The van der Waals surface area contributed by atoms with Gasteiger partial charge in [0.05, 0.1) is 10.6 Å². The summed E-state index contributed by atoms with van der Waals surface area (Å²) < 4.78 is 0. The summed E-state index contributed by atoms with van der Waals surface area (Å²) in [4.78, 5) is 10.7. The number of hydrogen-bond donors (Lipinski definition) is 1. The maximum absolute atomic E-state index is 10.7. The zero-order chi connectivity index (χ0) is 10.9. The third-order valence-corrected chi connectivity index (χ3v) is 2.49. The third-order valence-electron chi connectivity index (χ3n) is 2.08. The van der Waals surface area contributed by atoms with Crippen LogP contribution >= 0.6 is 11.6 Å². The molecule has 0 aliphatic heterocycles. The highest BCUT2D eigenvalue weighted by molar-refractivity contribution is 6.34. The number of phenols is 1. The third kappa shape index (κ3) is 1.90. The van der Waals surface area contributed by atoms with E-state index in [1.165, 1.54) is 6.07 Å². The number of hydrogen-bond acceptors (Lipinski definition) is 2. The van der Waals surface area contributed by atoms with Gasteiger partial charge in [0.2, 0.25) is 0 Å². The van der Waals surface area contributed by atoms with Gasteiger partial charge in [-0.1, -0.05) is 38.4 Å². The van der Waals surface area contributed by atoms with Crippen LogP contribution < -0.4 is 0 Å². The smallest absolute Gasteiger partial charge is 0.155 e. The number of rotatable bonds is 1. The highest BCUT2D eigenvalue weighted by Crippen LogP contribution is 2.34. The van der Waals surface area contributed by atoms with E-state index in [2.05, 4.69) is 0 Å². The van der Waals surface area contributed by atoms with Crippen molar-refractivity contribution in [2.45, 2.75) is 26.2 Å². The summed E-state index contributed by atoms with van der Waals surface area (Å²) in [6.07, 6.45) is 0.576. The molecule has 0 saturated heterocycles. The molecule has 0 bridgehead atoms. The maximum atomic E-state index is 10.7. The lowest BCUT2D eigenvalue weighted by molar-refractivity contribution is 0.112. The van der Waals surface area contributed by atoms with Crippen LogP contribution in [0.3, 0.4) is 0 Å². The molecule has 1 N–H and O–H groups in total. The molecule has 1 rings (SSSR count). The molecule has 1 aromatic carbocycles. The standard InChI is InChI=1S/C11H13ClO2/c1-11(2,3)8-4-5-9(14)7(6-13)10(8)12/h4-6,14H,1-3H3. The molecule has 2 nitrogen and oxygen atoms in total. The van der Waals surface area contributed by atoms with E-state index in [0.29, 0.717) is 11.3 Å². The number of halogens is 1. The Morgan fingerprint density at radius 3 is 2.36 bits per heavy atom. The molecule has 0 saturated carbocycles. The van der Waals surface area contributed by atoms with Crippen LogP contribution in [0.1, 0.15) is 36.7 Å². The van der Waals surface area contributed by atoms with Gasteiger partial charge in [0.15, 0.2) is 6.29 Å². The highest BCUT2D eigenvalue weighted by Gasteiger charge is 2.20. The molecular weight excluding hydrogens is 200 g/mol. The minimum absolute atomic E-state index is 0.0713. The molecule has 0 spiro atoms. The fraction of sp³-hybridized carbons (Fsp3) is 0.364. The summed E-state index contributed by atoms with van der Waals surface area (Å²) in [5.74, 6) is -0.0713. The van der Waals surface area contributed by atoms with E-state index < -0.39 is 0 Å². The van der Waals surface area contributed by atoms with Gasteiger partial charge in [-0.05, 0) is 17.0 Å². The fourth-order valence-corrected chi connectivity index (χ4v) is 1.76. The molecule has 14 heavy (non-hydrogen) atoms. The molecule has 0 aliphatic rings. The number of carbonyl (C=O) groups is 1. The van der Waals surface area contributed by atoms with Gasteiger partial charge < -0.3 is 5.11 Å². The second-order valence-electron chi connectivity index (χ2n) is 4.23. The lowest BCUT2D eigenvalue weighted by atomic mass is 9.86. The van der Waals surface area contributed by atoms with E-state index in [-0.39, 0.29) is 16.7 Å². The van der Waals surface area contributed by atoms with Crippen LogP contribution in [0.25, 0.3) is 0 Å². The summed E-state index contributed by atoms with van der Waals surface area (Å²) in [5.41, 5.74) is 0.890. The van der Waals surface area contributed by atoms with E-state index >= 15 is 0 Å². The van der Waals surface area contributed by atoms with Crippen molar-refractivity contribution in [3.63, 3.8) is 0 Å². The lowest BCUT2D eigenvalue weighted by Gasteiger charge is -2.21. The highest BCUT2D eigenvalue weighted by atomic mass is 35.5. The van der Waals surface area contributed by atoms with Crippen LogP contribution in [-0.4, -0.2) is 11.4 Å². The van der Waals surface area contributed by atoms with Gasteiger partial charge in [-0.15, -0.1) is 0 Å². The Labute approximate surface area is 88.5 Å². The predicted octanol–water partition coefficient (Wildman–Crippen LogP) is 3.16. The summed E-state index contributed by atoms with van der Waals surface area (Å²) in [6, 6.07) is 3.24. The number of aldehydes is 1. The zero-order valence-electron chi connectivity index (χ0n) is 8.47. The summed E-state index contributed by atoms with van der Waals surface area (Å²) in [5, 5.41) is 9.71. The SMILES string of the molecule is CC(C)(C)c1ccc(O)c(C=O)c1Cl. The Bertz CT molecular complexity index is 364. The topological polar surface area (TPSA) is 37.3 Å². The van der Waals surface area contributed by atoms with Gasteiger partial charge in [-0.3, -0.25) is 4.79 Å². The molecule has 0 heterocycles. The van der Waals surface area contributed by atoms with Crippen LogP contribution in [-0.2, 0) is 5.41 Å². The molecule has 1 aromatic rings. The Hall–Kier alpha value is -1.02. The lowest BCUT2D eigenvalue weighted by Crippen LogP contribution is -2.12. The largest absolute Gasteiger partial charge is 0.507 e. The van der Waals surface area contributed by atoms with Gasteiger partial charge in [0.1, 0.15) is 5.75 Å². The number of benzene rings is 1. The monoisotopic (exact) mass is 212 g/mol. The molecule has 0 aromatic heterocycles. The summed E-state index contributed by atoms with van der Waals surface area (Å²) in [7, 11) is 0. The fourth-order valence-electron chi connectivity index (χ4n) is 1.27. The quantitative estimate of drug-likeness (QED) is 0.727. The van der Waals surface area contributed by atoms with Crippen LogP contribution in [0.2, 0.25) is 5.02 Å². The van der Waals surface area contributed by atoms with Crippen molar-refractivity contribution in [3.05, 3.63) is 28.3 Å². The average molecular weight is 213 g/mol. The molecule has 76 valence electrons. The molecule has 0 fully saturated rings. The van der Waals surface area contributed by atoms with Crippen LogP contribution in [0.5, 0.6) is 5.75 Å². The second kappa shape index (κ2) is 3.62. The normalized spacial score (nSPS) is 11.4. The van der Waals surface area contributed by atoms with E-state index in [9.17, 15) is 9.90 Å². The predicted molar refractivity (Wildman–Crippen MR) is 57.2 cm³/mol. The Morgan fingerprint density at radius 2 is 1.93 bits per heavy atom. The first-order valence-corrected chi connectivity index (χ1v) is 4.73. The van der Waals surface area contributed by atoms with Gasteiger partial charge in [-0.25, -0.2) is 0 Å². The Kier molecular flexibility index (Phi) is 2.86. The average Bonchev–Trinajstić information content (AvgIpc) is 2.02. The van der Waals surface area contributed by atoms with E-state index in [1.54, 1.807) is 6.07 Å². The van der Waals surface area contributed by atoms with Crippen molar-refractivity contribution in [2.24, 2.45) is 0 Å². The van der Waals surface area contributed by atoms with Crippen molar-refractivity contribution in [1.29, 1.82) is 0 Å². The Balaban J connectivity index is 3.43. The number of aromatic hydroxyl groups is 1. The molecular formula is C11H13ClO2. The van der Waals surface area contributed by atoms with Gasteiger partial charge in [0, 0.05) is 0 Å². The molecule has 0 unspecified atom stereocenters.